The lowest BCUT2D eigenvalue weighted by atomic mass is 10.2. The van der Waals surface area contributed by atoms with E-state index in [1.54, 1.807) is 18.7 Å². The molecule has 0 aliphatic heterocycles. The topological polar surface area (TPSA) is 34.9 Å². The highest BCUT2D eigenvalue weighted by atomic mass is 32.2. The number of hydrogen-bond acceptors (Lipinski definition) is 3. The molecule has 2 aromatic rings. The van der Waals surface area contributed by atoms with Crippen molar-refractivity contribution >= 4 is 17.5 Å². The molecular formula is C14H16N2OS. The van der Waals surface area contributed by atoms with E-state index in [0.717, 1.165) is 17.9 Å². The van der Waals surface area contributed by atoms with Gasteiger partial charge in [0, 0.05) is 34.6 Å². The zero-order valence-electron chi connectivity index (χ0n) is 10.6. The van der Waals surface area contributed by atoms with Crippen molar-refractivity contribution in [1.82, 2.24) is 9.55 Å². The van der Waals surface area contributed by atoms with Gasteiger partial charge in [0.05, 0.1) is 6.33 Å². The highest BCUT2D eigenvalue weighted by Crippen LogP contribution is 2.23. The molecule has 2 rings (SSSR count). The summed E-state index contributed by atoms with van der Waals surface area (Å²) in [4.78, 5) is 16.5. The number of carbonyl (C=O) groups excluding carboxylic acids is 1. The van der Waals surface area contributed by atoms with Crippen LogP contribution in [-0.4, -0.2) is 15.3 Å². The first kappa shape index (κ1) is 12.9. The molecule has 1 aromatic heterocycles. The summed E-state index contributed by atoms with van der Waals surface area (Å²) in [5, 5.41) is 0. The lowest BCUT2D eigenvalue weighted by Crippen LogP contribution is -1.97. The molecule has 0 atom stereocenters. The molecule has 0 amide bonds. The second kappa shape index (κ2) is 5.87. The molecular weight excluding hydrogens is 244 g/mol. The van der Waals surface area contributed by atoms with Gasteiger partial charge in [-0.2, -0.15) is 0 Å². The SMILES string of the molecule is CCn1cncc1CSc1ccc(C(C)=O)cc1. The van der Waals surface area contributed by atoms with E-state index in [9.17, 15) is 4.79 Å². The zero-order valence-corrected chi connectivity index (χ0v) is 11.4. The van der Waals surface area contributed by atoms with Crippen LogP contribution < -0.4 is 0 Å². The number of thioether (sulfide) groups is 1. The Labute approximate surface area is 111 Å². The molecule has 0 radical (unpaired) electrons. The van der Waals surface area contributed by atoms with Crippen LogP contribution in [0.5, 0.6) is 0 Å². The lowest BCUT2D eigenvalue weighted by molar-refractivity contribution is 0.101. The number of carbonyl (C=O) groups is 1. The third-order valence-electron chi connectivity index (χ3n) is 2.79. The van der Waals surface area contributed by atoms with Gasteiger partial charge in [-0.1, -0.05) is 12.1 Å². The van der Waals surface area contributed by atoms with Crippen LogP contribution in [0.1, 0.15) is 29.9 Å². The third kappa shape index (κ3) is 3.01. The fourth-order valence-electron chi connectivity index (χ4n) is 1.70. The van der Waals surface area contributed by atoms with E-state index in [0.29, 0.717) is 0 Å². The van der Waals surface area contributed by atoms with Gasteiger partial charge in [0.25, 0.3) is 0 Å². The molecule has 1 heterocycles. The van der Waals surface area contributed by atoms with E-state index >= 15 is 0 Å². The van der Waals surface area contributed by atoms with E-state index in [1.807, 2.05) is 36.8 Å². The fourth-order valence-corrected chi connectivity index (χ4v) is 2.58. The number of benzene rings is 1. The van der Waals surface area contributed by atoms with Crippen LogP contribution in [0.2, 0.25) is 0 Å². The number of aryl methyl sites for hydroxylation is 1. The van der Waals surface area contributed by atoms with Gasteiger partial charge in [-0.3, -0.25) is 4.79 Å². The monoisotopic (exact) mass is 260 g/mol. The van der Waals surface area contributed by atoms with Crippen molar-refractivity contribution in [2.45, 2.75) is 31.0 Å². The molecule has 18 heavy (non-hydrogen) atoms. The van der Waals surface area contributed by atoms with Crippen LogP contribution in [0.4, 0.5) is 0 Å². The summed E-state index contributed by atoms with van der Waals surface area (Å²) in [6.45, 7) is 4.64. The molecule has 0 saturated carbocycles. The predicted octanol–water partition coefficient (Wildman–Crippen LogP) is 3.40. The van der Waals surface area contributed by atoms with Gasteiger partial charge in [-0.05, 0) is 26.0 Å². The summed E-state index contributed by atoms with van der Waals surface area (Å²) < 4.78 is 2.14. The van der Waals surface area contributed by atoms with E-state index in [-0.39, 0.29) is 5.78 Å². The second-order valence-electron chi connectivity index (χ2n) is 4.04. The Bertz CT molecular complexity index is 531. The van der Waals surface area contributed by atoms with Crippen LogP contribution in [-0.2, 0) is 12.3 Å². The Balaban J connectivity index is 2.00. The summed E-state index contributed by atoms with van der Waals surface area (Å²) in [5.41, 5.74) is 1.98. The summed E-state index contributed by atoms with van der Waals surface area (Å²) >= 11 is 1.76. The molecule has 0 bridgehead atoms. The van der Waals surface area contributed by atoms with E-state index in [2.05, 4.69) is 16.5 Å². The average Bonchev–Trinajstić information content (AvgIpc) is 2.84. The Morgan fingerprint density at radius 3 is 2.67 bits per heavy atom. The van der Waals surface area contributed by atoms with Gasteiger partial charge in [0.2, 0.25) is 0 Å². The van der Waals surface area contributed by atoms with Gasteiger partial charge in [0.15, 0.2) is 5.78 Å². The standard InChI is InChI=1S/C14H16N2OS/c1-3-16-10-15-8-13(16)9-18-14-6-4-12(5-7-14)11(2)17/h4-8,10H,3,9H2,1-2H3. The third-order valence-corrected chi connectivity index (χ3v) is 3.83. The van der Waals surface area contributed by atoms with Crippen LogP contribution in [0.15, 0.2) is 41.7 Å². The van der Waals surface area contributed by atoms with Crippen LogP contribution in [0.25, 0.3) is 0 Å². The molecule has 3 nitrogen and oxygen atoms in total. The molecule has 0 unspecified atom stereocenters. The minimum absolute atomic E-state index is 0.107. The maximum absolute atomic E-state index is 11.2. The van der Waals surface area contributed by atoms with Gasteiger partial charge in [0.1, 0.15) is 0 Å². The summed E-state index contributed by atoms with van der Waals surface area (Å²) in [6.07, 6.45) is 3.76. The Hall–Kier alpha value is -1.55. The van der Waals surface area contributed by atoms with E-state index in [4.69, 9.17) is 0 Å². The van der Waals surface area contributed by atoms with Crippen molar-refractivity contribution in [2.75, 3.05) is 0 Å². The van der Waals surface area contributed by atoms with Gasteiger partial charge >= 0.3 is 0 Å². The number of imidazole rings is 1. The van der Waals surface area contributed by atoms with Crippen LogP contribution >= 0.6 is 11.8 Å². The first-order chi connectivity index (χ1) is 8.70. The first-order valence-electron chi connectivity index (χ1n) is 5.93. The van der Waals surface area contributed by atoms with Crippen molar-refractivity contribution in [1.29, 1.82) is 0 Å². The number of hydrogen-bond donors (Lipinski definition) is 0. The fraction of sp³-hybridized carbons (Fsp3) is 0.286. The number of rotatable bonds is 5. The van der Waals surface area contributed by atoms with Gasteiger partial charge in [-0.15, -0.1) is 11.8 Å². The number of aromatic nitrogens is 2. The lowest BCUT2D eigenvalue weighted by Gasteiger charge is -2.05. The first-order valence-corrected chi connectivity index (χ1v) is 6.92. The van der Waals surface area contributed by atoms with Crippen molar-refractivity contribution in [3.8, 4) is 0 Å². The van der Waals surface area contributed by atoms with Gasteiger partial charge < -0.3 is 4.57 Å². The number of Topliss-reactive ketones (excluding diaryl/α,β-unsaturated/α-hetero) is 1. The molecule has 0 fully saturated rings. The minimum atomic E-state index is 0.107. The van der Waals surface area contributed by atoms with Crippen molar-refractivity contribution in [3.63, 3.8) is 0 Å². The van der Waals surface area contributed by atoms with E-state index in [1.165, 1.54) is 10.6 Å². The smallest absolute Gasteiger partial charge is 0.159 e. The van der Waals surface area contributed by atoms with Gasteiger partial charge in [-0.25, -0.2) is 4.98 Å². The molecule has 94 valence electrons. The number of nitrogens with zero attached hydrogens (tertiary/aromatic N) is 2. The molecule has 0 N–H and O–H groups in total. The molecule has 0 saturated heterocycles. The molecule has 4 heteroatoms. The predicted molar refractivity (Wildman–Crippen MR) is 73.9 cm³/mol. The maximum atomic E-state index is 11.2. The Kier molecular flexibility index (Phi) is 4.20. The molecule has 0 spiro atoms. The van der Waals surface area contributed by atoms with Crippen molar-refractivity contribution in [2.24, 2.45) is 0 Å². The molecule has 0 aliphatic rings. The van der Waals surface area contributed by atoms with Crippen LogP contribution in [0, 0.1) is 0 Å². The molecule has 0 aliphatic carbocycles. The maximum Gasteiger partial charge on any atom is 0.159 e. The largest absolute Gasteiger partial charge is 0.334 e. The van der Waals surface area contributed by atoms with E-state index < -0.39 is 0 Å². The zero-order chi connectivity index (χ0) is 13.0. The second-order valence-corrected chi connectivity index (χ2v) is 5.09. The highest BCUT2D eigenvalue weighted by molar-refractivity contribution is 7.98. The quantitative estimate of drug-likeness (QED) is 0.610. The number of ketones is 1. The minimum Gasteiger partial charge on any atom is -0.334 e. The molecule has 1 aromatic carbocycles. The summed E-state index contributed by atoms with van der Waals surface area (Å²) in [7, 11) is 0. The Morgan fingerprint density at radius 1 is 1.33 bits per heavy atom. The van der Waals surface area contributed by atoms with Crippen molar-refractivity contribution in [3.05, 3.63) is 48.0 Å². The highest BCUT2D eigenvalue weighted by Gasteiger charge is 2.03. The van der Waals surface area contributed by atoms with Crippen LogP contribution in [0.3, 0.4) is 0 Å². The summed E-state index contributed by atoms with van der Waals surface area (Å²) in [6, 6.07) is 7.74. The Morgan fingerprint density at radius 2 is 2.06 bits per heavy atom. The summed E-state index contributed by atoms with van der Waals surface area (Å²) in [5.74, 6) is 1.00. The van der Waals surface area contributed by atoms with Crippen molar-refractivity contribution < 1.29 is 4.79 Å². The average molecular weight is 260 g/mol. The normalized spacial score (nSPS) is 10.6.